The number of aromatic nitrogens is 1. The predicted molar refractivity (Wildman–Crippen MR) is 168 cm³/mol. The van der Waals surface area contributed by atoms with Crippen LogP contribution in [0.25, 0.3) is 0 Å². The van der Waals surface area contributed by atoms with E-state index in [4.69, 9.17) is 4.74 Å². The van der Waals surface area contributed by atoms with Crippen molar-refractivity contribution in [1.29, 1.82) is 0 Å². The third-order valence-electron chi connectivity index (χ3n) is 7.11. The van der Waals surface area contributed by atoms with Gasteiger partial charge in [0.1, 0.15) is 5.75 Å². The maximum absolute atomic E-state index is 11.6. The Morgan fingerprint density at radius 3 is 1.68 bits per heavy atom. The van der Waals surface area contributed by atoms with E-state index in [9.17, 15) is 34.5 Å². The van der Waals surface area contributed by atoms with E-state index in [2.05, 4.69) is 34.0 Å². The van der Waals surface area contributed by atoms with Crippen molar-refractivity contribution in [2.75, 3.05) is 85.1 Å². The van der Waals surface area contributed by atoms with Gasteiger partial charge in [-0.3, -0.25) is 43.8 Å². The van der Waals surface area contributed by atoms with E-state index < -0.39 is 17.9 Å². The van der Waals surface area contributed by atoms with Gasteiger partial charge in [-0.2, -0.15) is 0 Å². The molecule has 1 aliphatic rings. The first-order chi connectivity index (χ1) is 22.1. The number of benzene rings is 1. The zero-order valence-corrected chi connectivity index (χ0v) is 29.2. The summed E-state index contributed by atoms with van der Waals surface area (Å²) in [5.74, 6) is 3.61. The number of nitrogens with one attached hydrogen (secondary N) is 1. The number of ether oxygens (including phenoxy) is 1. The van der Waals surface area contributed by atoms with Gasteiger partial charge in [0.05, 0.1) is 25.3 Å². The van der Waals surface area contributed by atoms with Crippen LogP contribution in [0.3, 0.4) is 0 Å². The second-order valence-corrected chi connectivity index (χ2v) is 10.7. The number of carboxylic acids is 3. The van der Waals surface area contributed by atoms with Crippen molar-refractivity contribution in [2.45, 2.75) is 6.54 Å². The minimum absolute atomic E-state index is 0. The quantitative estimate of drug-likeness (QED) is 0.167. The molecule has 1 aromatic carbocycles. The van der Waals surface area contributed by atoms with Crippen LogP contribution in [0.2, 0.25) is 0 Å². The van der Waals surface area contributed by atoms with Crippen molar-refractivity contribution in [3.05, 3.63) is 66.3 Å². The first-order valence-corrected chi connectivity index (χ1v) is 14.9. The zero-order chi connectivity index (χ0) is 33.3. The van der Waals surface area contributed by atoms with Gasteiger partial charge in [0.15, 0.2) is 6.61 Å². The van der Waals surface area contributed by atoms with Gasteiger partial charge in [-0.05, 0) is 36.4 Å². The fourth-order valence-corrected chi connectivity index (χ4v) is 4.77. The number of hydrogen-bond acceptors (Lipinski definition) is 10. The summed E-state index contributed by atoms with van der Waals surface area (Å²) in [6, 6.07) is 10.8. The standard InChI is InChI=1S/C32H41N6O8.Y/c1-2-33-29(39)24-46-28-7-5-25(6-8-28)3-4-26-9-10-34-27(19-26)20-35-11-13-36(21-30(40)41)15-17-38(23-32(44)45)18-16-37(14-12-35)22-31(42)43;/h5-10,19H,1-2,11-18,20-24H2,(H,33,39)(H,40,41)(H,42,43)(H,44,45);/q-1;. The van der Waals surface area contributed by atoms with Crippen molar-refractivity contribution >= 4 is 23.8 Å². The Kier molecular flexibility index (Phi) is 18.1. The molecule has 0 bridgehead atoms. The largest absolute Gasteiger partial charge is 0.484 e. The molecular formula is C32H41N6O8Y-. The zero-order valence-electron chi connectivity index (χ0n) is 26.3. The van der Waals surface area contributed by atoms with Crippen molar-refractivity contribution in [1.82, 2.24) is 29.9 Å². The molecule has 1 aliphatic heterocycles. The van der Waals surface area contributed by atoms with Crippen LogP contribution in [0, 0.1) is 18.8 Å². The maximum atomic E-state index is 11.6. The third-order valence-corrected chi connectivity index (χ3v) is 7.11. The molecule has 2 heterocycles. The molecule has 2 aromatic rings. The van der Waals surface area contributed by atoms with Crippen LogP contribution in [0.15, 0.2) is 42.6 Å². The van der Waals surface area contributed by atoms with Gasteiger partial charge in [-0.1, -0.05) is 11.8 Å². The Morgan fingerprint density at radius 2 is 1.21 bits per heavy atom. The molecule has 251 valence electrons. The SMILES string of the molecule is [CH2-]CNC(=O)COc1ccc(C#Cc2ccnc(CN3CCN(CC(=O)O)CCN(CC(=O)O)CCN(CC(=O)O)CC3)c2)cc1.[Y]. The summed E-state index contributed by atoms with van der Waals surface area (Å²) in [7, 11) is 0. The molecule has 1 fully saturated rings. The fraction of sp³-hybridized carbons (Fsp3) is 0.438. The molecule has 1 amide bonds. The summed E-state index contributed by atoms with van der Waals surface area (Å²) in [5, 5.41) is 30.8. The van der Waals surface area contributed by atoms with Crippen molar-refractivity contribution in [3.63, 3.8) is 0 Å². The Labute approximate surface area is 299 Å². The number of pyridine rings is 1. The van der Waals surface area contributed by atoms with Crippen LogP contribution in [-0.4, -0.2) is 149 Å². The molecule has 0 unspecified atom stereocenters. The molecule has 0 saturated carbocycles. The summed E-state index contributed by atoms with van der Waals surface area (Å²) < 4.78 is 5.45. The molecule has 4 N–H and O–H groups in total. The number of carbonyl (C=O) groups excluding carboxylic acids is 1. The van der Waals surface area contributed by atoms with Gasteiger partial charge in [0, 0.05) is 109 Å². The summed E-state index contributed by atoms with van der Waals surface area (Å²) in [6.07, 6.45) is 1.67. The fourth-order valence-electron chi connectivity index (χ4n) is 4.77. The molecule has 3 rings (SSSR count). The van der Waals surface area contributed by atoms with Gasteiger partial charge in [0.2, 0.25) is 0 Å². The molecule has 0 aliphatic carbocycles. The number of carboxylic acid groups (broad SMARTS) is 3. The number of rotatable bonds is 12. The van der Waals surface area contributed by atoms with E-state index >= 15 is 0 Å². The van der Waals surface area contributed by atoms with Gasteiger partial charge in [-0.25, -0.2) is 0 Å². The molecular weight excluding hydrogens is 685 g/mol. The van der Waals surface area contributed by atoms with Crippen molar-refractivity contribution < 1.29 is 71.9 Å². The monoisotopic (exact) mass is 726 g/mol. The smallest absolute Gasteiger partial charge is 0.317 e. The Bertz CT molecular complexity index is 1350. The van der Waals surface area contributed by atoms with Crippen molar-refractivity contribution in [2.24, 2.45) is 0 Å². The Morgan fingerprint density at radius 1 is 0.745 bits per heavy atom. The summed E-state index contributed by atoms with van der Waals surface area (Å²) in [6.45, 7) is 6.85. The number of nitrogens with zero attached hydrogens (tertiary/aromatic N) is 5. The number of aliphatic carboxylic acids is 3. The summed E-state index contributed by atoms with van der Waals surface area (Å²) in [4.78, 5) is 57.9. The average molecular weight is 727 g/mol. The van der Waals surface area contributed by atoms with E-state index in [1.165, 1.54) is 0 Å². The molecule has 47 heavy (non-hydrogen) atoms. The third kappa shape index (κ3) is 16.3. The minimum Gasteiger partial charge on any atom is -0.484 e. The van der Waals surface area contributed by atoms with Crippen LogP contribution in [0.4, 0.5) is 0 Å². The molecule has 0 atom stereocenters. The topological polar surface area (TPSA) is 176 Å². The molecule has 14 nitrogen and oxygen atoms in total. The first kappa shape index (κ1) is 39.7. The maximum Gasteiger partial charge on any atom is 0.317 e. The van der Waals surface area contributed by atoms with Crippen molar-refractivity contribution in [3.8, 4) is 17.6 Å². The molecule has 1 aromatic heterocycles. The number of carbonyl (C=O) groups is 4. The van der Waals surface area contributed by atoms with E-state index in [1.54, 1.807) is 51.2 Å². The second kappa shape index (κ2) is 21.4. The molecule has 15 heteroatoms. The van der Waals surface area contributed by atoms with Crippen LogP contribution < -0.4 is 10.1 Å². The van der Waals surface area contributed by atoms with Gasteiger partial charge in [0.25, 0.3) is 5.91 Å². The molecule has 1 radical (unpaired) electrons. The van der Waals surface area contributed by atoms with E-state index in [1.807, 2.05) is 6.07 Å². The average Bonchev–Trinajstić information content (AvgIpc) is 3.00. The van der Waals surface area contributed by atoms with E-state index in [0.717, 1.165) is 16.8 Å². The molecule has 0 spiro atoms. The Hall–Kier alpha value is -3.45. The number of hydrogen-bond donors (Lipinski definition) is 4. The minimum atomic E-state index is -0.997. The van der Waals surface area contributed by atoms with Crippen LogP contribution in [-0.2, 0) is 58.4 Å². The van der Waals surface area contributed by atoms with Crippen LogP contribution >= 0.6 is 0 Å². The number of amides is 1. The molecule has 1 saturated heterocycles. The van der Waals surface area contributed by atoms with Gasteiger partial charge in [-0.15, -0.1) is 6.54 Å². The summed E-state index contributed by atoms with van der Waals surface area (Å²) >= 11 is 0. The van der Waals surface area contributed by atoms with Gasteiger partial charge >= 0.3 is 17.9 Å². The second-order valence-electron chi connectivity index (χ2n) is 10.7. The van der Waals surface area contributed by atoms with Crippen LogP contribution in [0.5, 0.6) is 5.75 Å². The van der Waals surface area contributed by atoms with E-state index in [-0.39, 0.29) is 64.9 Å². The van der Waals surface area contributed by atoms with Gasteiger partial charge < -0.3 is 32.3 Å². The summed E-state index contributed by atoms with van der Waals surface area (Å²) in [5.41, 5.74) is 2.27. The van der Waals surface area contributed by atoms with Crippen LogP contribution in [0.1, 0.15) is 16.8 Å². The normalized spacial score (nSPS) is 15.5. The Balaban J connectivity index is 0.00000768. The first-order valence-electron chi connectivity index (χ1n) is 14.9. The predicted octanol–water partition coefficient (Wildman–Crippen LogP) is -0.217. The van der Waals surface area contributed by atoms with E-state index in [0.29, 0.717) is 71.2 Å².